The van der Waals surface area contributed by atoms with Crippen molar-refractivity contribution < 1.29 is 9.60 Å². The second-order valence-electron chi connectivity index (χ2n) is 3.67. The summed E-state index contributed by atoms with van der Waals surface area (Å²) < 4.78 is 14.5. The van der Waals surface area contributed by atoms with Crippen LogP contribution in [-0.4, -0.2) is 19.8 Å². The quantitative estimate of drug-likeness (QED) is 0.595. The van der Waals surface area contributed by atoms with Gasteiger partial charge in [0.25, 0.3) is 0 Å². The van der Waals surface area contributed by atoms with E-state index in [1.807, 2.05) is 12.1 Å². The van der Waals surface area contributed by atoms with Gasteiger partial charge in [-0.25, -0.2) is 14.8 Å². The van der Waals surface area contributed by atoms with E-state index in [0.717, 1.165) is 11.1 Å². The zero-order valence-electron chi connectivity index (χ0n) is 10.3. The van der Waals surface area contributed by atoms with Gasteiger partial charge in [0.1, 0.15) is 5.82 Å². The maximum absolute atomic E-state index is 12.9. The highest BCUT2D eigenvalue weighted by Gasteiger charge is 2.07. The minimum absolute atomic E-state index is 0. The van der Waals surface area contributed by atoms with Crippen molar-refractivity contribution in [3.63, 3.8) is 0 Å². The Labute approximate surface area is 120 Å². The maximum Gasteiger partial charge on any atom is 0.240 e. The monoisotopic (exact) mass is 297 g/mol. The Bertz CT molecular complexity index is 686. The number of anilines is 1. The van der Waals surface area contributed by atoms with Gasteiger partial charge in [-0.1, -0.05) is 12.1 Å². The number of aromatic nitrogens is 3. The van der Waals surface area contributed by atoms with Crippen LogP contribution in [0.1, 0.15) is 0 Å². The van der Waals surface area contributed by atoms with Gasteiger partial charge in [-0.3, -0.25) is 0 Å². The van der Waals surface area contributed by atoms with E-state index >= 15 is 0 Å². The van der Waals surface area contributed by atoms with Gasteiger partial charge in [-0.05, 0) is 29.8 Å². The molecular formula is C12H13ClFN5O. The first-order valence-electron chi connectivity index (χ1n) is 5.37. The SMILES string of the molecule is Cl.NO.Nc1nc2c(-c3ccc(F)cc3)cccn2n1. The summed E-state index contributed by atoms with van der Waals surface area (Å²) in [6.45, 7) is 0. The molecule has 0 spiro atoms. The molecule has 0 aliphatic heterocycles. The molecule has 3 aromatic rings. The van der Waals surface area contributed by atoms with E-state index in [4.69, 9.17) is 10.9 Å². The van der Waals surface area contributed by atoms with Gasteiger partial charge in [-0.2, -0.15) is 4.98 Å². The van der Waals surface area contributed by atoms with Crippen molar-refractivity contribution in [2.45, 2.75) is 0 Å². The largest absolute Gasteiger partial charge is 0.366 e. The Morgan fingerprint density at radius 1 is 1.10 bits per heavy atom. The number of nitrogen functional groups attached to an aromatic ring is 1. The molecule has 0 amide bonds. The summed E-state index contributed by atoms with van der Waals surface area (Å²) in [5.74, 6) is 3.46. The number of nitrogens with zero attached hydrogens (tertiary/aromatic N) is 3. The van der Waals surface area contributed by atoms with E-state index in [1.54, 1.807) is 22.8 Å². The highest BCUT2D eigenvalue weighted by Crippen LogP contribution is 2.23. The average molecular weight is 298 g/mol. The highest BCUT2D eigenvalue weighted by atomic mass is 35.5. The molecule has 20 heavy (non-hydrogen) atoms. The average Bonchev–Trinajstić information content (AvgIpc) is 2.82. The first-order valence-corrected chi connectivity index (χ1v) is 5.37. The zero-order valence-corrected chi connectivity index (χ0v) is 11.1. The van der Waals surface area contributed by atoms with Crippen LogP contribution in [-0.2, 0) is 0 Å². The molecule has 106 valence electrons. The summed E-state index contributed by atoms with van der Waals surface area (Å²) in [6.07, 6.45) is 1.77. The van der Waals surface area contributed by atoms with Crippen molar-refractivity contribution in [1.29, 1.82) is 0 Å². The van der Waals surface area contributed by atoms with Crippen LogP contribution in [0.4, 0.5) is 10.3 Å². The number of hydrogen-bond acceptors (Lipinski definition) is 5. The third kappa shape index (κ3) is 3.02. The van der Waals surface area contributed by atoms with Crippen LogP contribution in [0.5, 0.6) is 0 Å². The predicted octanol–water partition coefficient (Wildman–Crippen LogP) is 1.87. The lowest BCUT2D eigenvalue weighted by Gasteiger charge is -2.02. The lowest BCUT2D eigenvalue weighted by molar-refractivity contribution is 0.311. The highest BCUT2D eigenvalue weighted by molar-refractivity contribution is 5.85. The van der Waals surface area contributed by atoms with E-state index in [0.29, 0.717) is 5.65 Å². The summed E-state index contributed by atoms with van der Waals surface area (Å²) in [4.78, 5) is 4.15. The third-order valence-corrected chi connectivity index (χ3v) is 2.53. The van der Waals surface area contributed by atoms with Gasteiger partial charge >= 0.3 is 0 Å². The van der Waals surface area contributed by atoms with Crippen LogP contribution in [0.25, 0.3) is 16.8 Å². The molecule has 0 bridgehead atoms. The molecular weight excluding hydrogens is 285 g/mol. The van der Waals surface area contributed by atoms with Gasteiger partial charge in [-0.15, -0.1) is 17.5 Å². The summed E-state index contributed by atoms with van der Waals surface area (Å²) in [5.41, 5.74) is 7.97. The minimum Gasteiger partial charge on any atom is -0.366 e. The predicted molar refractivity (Wildman–Crippen MR) is 76.0 cm³/mol. The van der Waals surface area contributed by atoms with Gasteiger partial charge in [0, 0.05) is 11.8 Å². The second-order valence-corrected chi connectivity index (χ2v) is 3.67. The van der Waals surface area contributed by atoms with Crippen LogP contribution in [0.2, 0.25) is 0 Å². The summed E-state index contributed by atoms with van der Waals surface area (Å²) in [6, 6.07) is 9.98. The molecule has 3 rings (SSSR count). The number of fused-ring (bicyclic) bond motifs is 1. The molecule has 0 atom stereocenters. The summed E-state index contributed by atoms with van der Waals surface area (Å²) >= 11 is 0. The molecule has 2 aromatic heterocycles. The van der Waals surface area contributed by atoms with E-state index in [1.165, 1.54) is 12.1 Å². The van der Waals surface area contributed by atoms with Crippen LogP contribution in [0.15, 0.2) is 42.6 Å². The van der Waals surface area contributed by atoms with Gasteiger partial charge in [0.15, 0.2) is 5.65 Å². The molecule has 0 saturated carbocycles. The molecule has 0 aliphatic carbocycles. The fraction of sp³-hybridized carbons (Fsp3) is 0. The van der Waals surface area contributed by atoms with Crippen LogP contribution in [0.3, 0.4) is 0 Å². The van der Waals surface area contributed by atoms with Crippen molar-refractivity contribution in [1.82, 2.24) is 14.6 Å². The van der Waals surface area contributed by atoms with Gasteiger partial charge < -0.3 is 10.9 Å². The summed E-state index contributed by atoms with van der Waals surface area (Å²) in [7, 11) is 0. The van der Waals surface area contributed by atoms with Gasteiger partial charge in [0.2, 0.25) is 5.95 Å². The van der Waals surface area contributed by atoms with E-state index in [-0.39, 0.29) is 24.2 Å². The number of hydrogen-bond donors (Lipinski definition) is 3. The Morgan fingerprint density at radius 3 is 2.40 bits per heavy atom. The normalized spacial score (nSPS) is 9.55. The zero-order chi connectivity index (χ0) is 13.8. The fourth-order valence-electron chi connectivity index (χ4n) is 1.78. The van der Waals surface area contributed by atoms with E-state index < -0.39 is 0 Å². The molecule has 0 unspecified atom stereocenters. The molecule has 0 radical (unpaired) electrons. The summed E-state index contributed by atoms with van der Waals surface area (Å²) in [5, 5.41) is 10.5. The van der Waals surface area contributed by atoms with E-state index in [2.05, 4.69) is 16.0 Å². The van der Waals surface area contributed by atoms with Crippen LogP contribution in [0, 0.1) is 5.82 Å². The Balaban J connectivity index is 0.000000639. The van der Waals surface area contributed by atoms with Crippen molar-refractivity contribution >= 4 is 24.0 Å². The first kappa shape index (κ1) is 15.8. The molecule has 0 saturated heterocycles. The molecule has 6 nitrogen and oxygen atoms in total. The fourth-order valence-corrected chi connectivity index (χ4v) is 1.78. The van der Waals surface area contributed by atoms with Crippen molar-refractivity contribution in [3.8, 4) is 11.1 Å². The maximum atomic E-state index is 12.9. The van der Waals surface area contributed by atoms with Crippen molar-refractivity contribution in [3.05, 3.63) is 48.4 Å². The number of nitrogens with two attached hydrogens (primary N) is 2. The Hall–Kier alpha value is -2.22. The van der Waals surface area contributed by atoms with Crippen LogP contribution >= 0.6 is 12.4 Å². The lowest BCUT2D eigenvalue weighted by Crippen LogP contribution is -1.90. The number of halogens is 2. The van der Waals surface area contributed by atoms with Crippen molar-refractivity contribution in [2.24, 2.45) is 5.90 Å². The number of benzene rings is 1. The standard InChI is InChI=1S/C12H9FN4.ClH.H3NO/c13-9-5-3-8(4-6-9)10-2-1-7-17-11(10)15-12(14)16-17;;1-2/h1-7H,(H2,14,16);1H;2H,1H2. The molecule has 0 fully saturated rings. The molecule has 2 heterocycles. The van der Waals surface area contributed by atoms with Crippen LogP contribution < -0.4 is 11.6 Å². The van der Waals surface area contributed by atoms with Gasteiger partial charge in [0.05, 0.1) is 0 Å². The Kier molecular flexibility index (Phi) is 5.39. The number of rotatable bonds is 1. The Morgan fingerprint density at radius 2 is 1.75 bits per heavy atom. The van der Waals surface area contributed by atoms with Crippen molar-refractivity contribution in [2.75, 3.05) is 5.73 Å². The second kappa shape index (κ2) is 6.80. The molecule has 5 N–H and O–H groups in total. The van der Waals surface area contributed by atoms with E-state index in [9.17, 15) is 4.39 Å². The number of pyridine rings is 1. The third-order valence-electron chi connectivity index (χ3n) is 2.53. The topological polar surface area (TPSA) is 102 Å². The molecule has 8 heteroatoms. The lowest BCUT2D eigenvalue weighted by atomic mass is 10.1. The first-order chi connectivity index (χ1) is 9.24. The smallest absolute Gasteiger partial charge is 0.240 e. The minimum atomic E-state index is -0.262. The molecule has 0 aliphatic rings. The molecule has 1 aromatic carbocycles.